The molecule has 26 heavy (non-hydrogen) atoms. The lowest BCUT2D eigenvalue weighted by atomic mass is 9.86. The molecule has 2 amide bonds. The summed E-state index contributed by atoms with van der Waals surface area (Å²) in [6, 6.07) is 4.16. The fraction of sp³-hybridized carbons (Fsp3) is 0.650. The second-order valence-electron chi connectivity index (χ2n) is 7.49. The van der Waals surface area contributed by atoms with E-state index < -0.39 is 5.97 Å². The van der Waals surface area contributed by atoms with Crippen molar-refractivity contribution in [1.82, 2.24) is 15.2 Å². The number of hydrogen-bond donors (Lipinski definition) is 2. The van der Waals surface area contributed by atoms with Gasteiger partial charge in [-0.05, 0) is 63.0 Å². The number of aryl methyl sites for hydroxylation is 1. The van der Waals surface area contributed by atoms with Crippen LogP contribution in [0.5, 0.6) is 0 Å². The number of amides is 2. The van der Waals surface area contributed by atoms with Gasteiger partial charge in [-0.1, -0.05) is 13.0 Å². The molecule has 0 saturated heterocycles. The largest absolute Gasteiger partial charge is 0.481 e. The Balaban J connectivity index is 1.67. The Kier molecular flexibility index (Phi) is 6.12. The van der Waals surface area contributed by atoms with Crippen LogP contribution in [0.4, 0.5) is 4.79 Å². The molecule has 2 aliphatic rings. The molecular weight excluding hydrogens is 330 g/mol. The van der Waals surface area contributed by atoms with E-state index in [-0.39, 0.29) is 24.0 Å². The van der Waals surface area contributed by atoms with Gasteiger partial charge in [-0.3, -0.25) is 9.78 Å². The second-order valence-corrected chi connectivity index (χ2v) is 7.49. The number of aromatic nitrogens is 1. The second kappa shape index (κ2) is 8.52. The third-order valence-electron chi connectivity index (χ3n) is 5.67. The number of carboxylic acids is 1. The Labute approximate surface area is 155 Å². The van der Waals surface area contributed by atoms with E-state index in [0.717, 1.165) is 44.2 Å². The van der Waals surface area contributed by atoms with Crippen LogP contribution in [0.25, 0.3) is 0 Å². The summed E-state index contributed by atoms with van der Waals surface area (Å²) in [6.07, 6.45) is 8.52. The number of rotatable bonds is 5. The van der Waals surface area contributed by atoms with E-state index in [1.165, 1.54) is 5.56 Å². The molecule has 1 aromatic rings. The topological polar surface area (TPSA) is 82.5 Å². The SMILES string of the molecule is CCCN(C(=O)NC1CCC(C(=O)O)CC1)C1CCCc2cccnc21. The number of carbonyl (C=O) groups excluding carboxylic acids is 1. The molecule has 0 aliphatic heterocycles. The Hall–Kier alpha value is -2.11. The van der Waals surface area contributed by atoms with E-state index in [2.05, 4.69) is 23.3 Å². The van der Waals surface area contributed by atoms with Crippen LogP contribution in [0.1, 0.15) is 69.2 Å². The summed E-state index contributed by atoms with van der Waals surface area (Å²) in [4.78, 5) is 30.6. The summed E-state index contributed by atoms with van der Waals surface area (Å²) >= 11 is 0. The predicted octanol–water partition coefficient (Wildman–Crippen LogP) is 3.52. The smallest absolute Gasteiger partial charge is 0.318 e. The summed E-state index contributed by atoms with van der Waals surface area (Å²) < 4.78 is 0. The van der Waals surface area contributed by atoms with E-state index in [1.807, 2.05) is 17.2 Å². The van der Waals surface area contributed by atoms with Crippen LogP contribution < -0.4 is 5.32 Å². The molecule has 3 rings (SSSR count). The van der Waals surface area contributed by atoms with Gasteiger partial charge in [-0.25, -0.2) is 4.79 Å². The quantitative estimate of drug-likeness (QED) is 0.842. The lowest BCUT2D eigenvalue weighted by Gasteiger charge is -2.36. The van der Waals surface area contributed by atoms with Crippen molar-refractivity contribution in [3.8, 4) is 0 Å². The third kappa shape index (κ3) is 4.17. The number of hydrogen-bond acceptors (Lipinski definition) is 3. The Bertz CT molecular complexity index is 641. The van der Waals surface area contributed by atoms with Crippen molar-refractivity contribution in [2.45, 2.75) is 70.4 Å². The summed E-state index contributed by atoms with van der Waals surface area (Å²) in [6.45, 7) is 2.79. The van der Waals surface area contributed by atoms with Gasteiger partial charge < -0.3 is 15.3 Å². The Morgan fingerprint density at radius 2 is 2.04 bits per heavy atom. The molecule has 0 aromatic carbocycles. The minimum atomic E-state index is -0.715. The fourth-order valence-electron chi connectivity index (χ4n) is 4.27. The summed E-state index contributed by atoms with van der Waals surface area (Å²) in [5.74, 6) is -0.975. The molecule has 1 atom stereocenters. The van der Waals surface area contributed by atoms with Crippen LogP contribution in [0.3, 0.4) is 0 Å². The highest BCUT2D eigenvalue weighted by Crippen LogP contribution is 2.33. The van der Waals surface area contributed by atoms with Crippen molar-refractivity contribution >= 4 is 12.0 Å². The summed E-state index contributed by atoms with van der Waals surface area (Å²) in [5, 5.41) is 12.3. The van der Waals surface area contributed by atoms with Gasteiger partial charge in [0.2, 0.25) is 0 Å². The standard InChI is InChI=1S/C20H29N3O3/c1-2-13-23(17-7-3-5-14-6-4-12-21-18(14)17)20(26)22-16-10-8-15(9-11-16)19(24)25/h4,6,12,15-17H,2-3,5,7-11,13H2,1H3,(H,22,26)(H,24,25). The first-order valence-electron chi connectivity index (χ1n) is 9.83. The maximum atomic E-state index is 13.0. The third-order valence-corrected chi connectivity index (χ3v) is 5.67. The Morgan fingerprint density at radius 1 is 1.27 bits per heavy atom. The molecule has 0 radical (unpaired) electrons. The summed E-state index contributed by atoms with van der Waals surface area (Å²) in [5.41, 5.74) is 2.29. The van der Waals surface area contributed by atoms with Gasteiger partial charge >= 0.3 is 12.0 Å². The monoisotopic (exact) mass is 359 g/mol. The van der Waals surface area contributed by atoms with Crippen LogP contribution >= 0.6 is 0 Å². The van der Waals surface area contributed by atoms with E-state index in [4.69, 9.17) is 5.11 Å². The average Bonchev–Trinajstić information content (AvgIpc) is 2.66. The molecular formula is C20H29N3O3. The average molecular weight is 359 g/mol. The zero-order valence-corrected chi connectivity index (χ0v) is 15.5. The molecule has 1 fully saturated rings. The van der Waals surface area contributed by atoms with Gasteiger partial charge in [0.15, 0.2) is 0 Å². The number of carboxylic acid groups (broad SMARTS) is 1. The molecule has 6 nitrogen and oxygen atoms in total. The van der Waals surface area contributed by atoms with Crippen molar-refractivity contribution in [3.05, 3.63) is 29.6 Å². The van der Waals surface area contributed by atoms with Crippen LogP contribution in [-0.4, -0.2) is 39.6 Å². The number of nitrogens with one attached hydrogen (secondary N) is 1. The molecule has 1 aromatic heterocycles. The highest BCUT2D eigenvalue weighted by Gasteiger charge is 2.32. The number of urea groups is 1. The predicted molar refractivity (Wildman–Crippen MR) is 98.8 cm³/mol. The maximum absolute atomic E-state index is 13.0. The van der Waals surface area contributed by atoms with Gasteiger partial charge in [-0.15, -0.1) is 0 Å². The van der Waals surface area contributed by atoms with Crippen LogP contribution in [0, 0.1) is 5.92 Å². The minimum Gasteiger partial charge on any atom is -0.481 e. The molecule has 2 aliphatic carbocycles. The van der Waals surface area contributed by atoms with Gasteiger partial charge in [0.05, 0.1) is 17.7 Å². The number of carbonyl (C=O) groups is 2. The molecule has 6 heteroatoms. The van der Waals surface area contributed by atoms with Crippen LogP contribution in [0.15, 0.2) is 18.3 Å². The molecule has 0 spiro atoms. The first-order chi connectivity index (χ1) is 12.6. The first kappa shape index (κ1) is 18.7. The molecule has 2 N–H and O–H groups in total. The van der Waals surface area contributed by atoms with E-state index >= 15 is 0 Å². The van der Waals surface area contributed by atoms with Gasteiger partial charge in [0.1, 0.15) is 0 Å². The number of nitrogens with zero attached hydrogens (tertiary/aromatic N) is 2. The molecule has 1 heterocycles. The maximum Gasteiger partial charge on any atom is 0.318 e. The first-order valence-corrected chi connectivity index (χ1v) is 9.83. The Morgan fingerprint density at radius 3 is 2.73 bits per heavy atom. The number of pyridine rings is 1. The minimum absolute atomic E-state index is 0.0332. The van der Waals surface area contributed by atoms with Crippen LogP contribution in [-0.2, 0) is 11.2 Å². The van der Waals surface area contributed by atoms with Crippen molar-refractivity contribution in [2.75, 3.05) is 6.54 Å². The van der Waals surface area contributed by atoms with Gasteiger partial charge in [-0.2, -0.15) is 0 Å². The molecule has 142 valence electrons. The van der Waals surface area contributed by atoms with Crippen molar-refractivity contribution in [2.24, 2.45) is 5.92 Å². The van der Waals surface area contributed by atoms with E-state index in [9.17, 15) is 9.59 Å². The zero-order chi connectivity index (χ0) is 18.5. The summed E-state index contributed by atoms with van der Waals surface area (Å²) in [7, 11) is 0. The van der Waals surface area contributed by atoms with Crippen molar-refractivity contribution in [1.29, 1.82) is 0 Å². The normalized spacial score (nSPS) is 25.2. The molecule has 1 unspecified atom stereocenters. The van der Waals surface area contributed by atoms with Gasteiger partial charge in [0.25, 0.3) is 0 Å². The molecule has 1 saturated carbocycles. The lowest BCUT2D eigenvalue weighted by Crippen LogP contribution is -2.48. The van der Waals surface area contributed by atoms with Crippen LogP contribution in [0.2, 0.25) is 0 Å². The van der Waals surface area contributed by atoms with Gasteiger partial charge in [0, 0.05) is 18.8 Å². The van der Waals surface area contributed by atoms with E-state index in [1.54, 1.807) is 0 Å². The fourth-order valence-corrected chi connectivity index (χ4v) is 4.27. The highest BCUT2D eigenvalue weighted by molar-refractivity contribution is 5.75. The van der Waals surface area contributed by atoms with Crippen molar-refractivity contribution < 1.29 is 14.7 Å². The lowest BCUT2D eigenvalue weighted by molar-refractivity contribution is -0.142. The molecule has 0 bridgehead atoms. The highest BCUT2D eigenvalue weighted by atomic mass is 16.4. The number of aliphatic carboxylic acids is 1. The zero-order valence-electron chi connectivity index (χ0n) is 15.5. The van der Waals surface area contributed by atoms with Crippen molar-refractivity contribution in [3.63, 3.8) is 0 Å². The van der Waals surface area contributed by atoms with E-state index in [0.29, 0.717) is 19.4 Å². The number of fused-ring (bicyclic) bond motifs is 1.